The number of aromatic nitrogens is 6. The van der Waals surface area contributed by atoms with Gasteiger partial charge < -0.3 is 10.2 Å². The molecule has 1 saturated carbocycles. The van der Waals surface area contributed by atoms with Crippen molar-refractivity contribution in [2.24, 2.45) is 5.41 Å². The van der Waals surface area contributed by atoms with Crippen molar-refractivity contribution in [3.8, 4) is 11.1 Å². The van der Waals surface area contributed by atoms with Crippen LogP contribution in [0.25, 0.3) is 22.0 Å². The van der Waals surface area contributed by atoms with Crippen molar-refractivity contribution in [1.29, 1.82) is 0 Å². The third-order valence-electron chi connectivity index (χ3n) is 9.26. The number of likely N-dealkylation sites (tertiary alicyclic amines) is 1. The maximum Gasteiger partial charge on any atom is 0.248 e. The van der Waals surface area contributed by atoms with E-state index in [4.69, 9.17) is 4.98 Å². The highest BCUT2D eigenvalue weighted by molar-refractivity contribution is 9.10. The molecule has 13 heteroatoms. The van der Waals surface area contributed by atoms with Gasteiger partial charge in [0.15, 0.2) is 5.78 Å². The number of carbonyl (C=O) groups is 3. The van der Waals surface area contributed by atoms with E-state index >= 15 is 0 Å². The van der Waals surface area contributed by atoms with Crippen molar-refractivity contribution in [2.45, 2.75) is 72.0 Å². The molecular weight excluding hydrogens is 680 g/mol. The molecule has 240 valence electrons. The van der Waals surface area contributed by atoms with Crippen LogP contribution in [-0.2, 0) is 29.0 Å². The number of ketones is 1. The van der Waals surface area contributed by atoms with E-state index in [1.165, 1.54) is 6.92 Å². The number of nitrogens with one attached hydrogen (secondary N) is 1. The van der Waals surface area contributed by atoms with Crippen molar-refractivity contribution in [1.82, 2.24) is 34.6 Å². The molecule has 4 aromatic heterocycles. The molecule has 1 aliphatic carbocycles. The second-order valence-electron chi connectivity index (χ2n) is 12.5. The monoisotopic (exact) mass is 712 g/mol. The Morgan fingerprint density at radius 3 is 2.57 bits per heavy atom. The molecule has 5 heterocycles. The van der Waals surface area contributed by atoms with Crippen LogP contribution in [0.15, 0.2) is 52.7 Å². The maximum absolute atomic E-state index is 14.3. The number of hydrogen-bond donors (Lipinski definition) is 1. The van der Waals surface area contributed by atoms with Gasteiger partial charge in [-0.1, -0.05) is 19.1 Å². The summed E-state index contributed by atoms with van der Waals surface area (Å²) < 4.78 is 2.19. The Morgan fingerprint density at radius 2 is 1.85 bits per heavy atom. The minimum atomic E-state index is -0.686. The van der Waals surface area contributed by atoms with Crippen LogP contribution in [0.5, 0.6) is 0 Å². The van der Waals surface area contributed by atoms with Crippen LogP contribution in [-0.4, -0.2) is 64.3 Å². The molecule has 47 heavy (non-hydrogen) atoms. The number of fused-ring (bicyclic) bond motifs is 2. The highest BCUT2D eigenvalue weighted by Gasteiger charge is 2.67. The summed E-state index contributed by atoms with van der Waals surface area (Å²) in [5.41, 5.74) is 4.26. The van der Waals surface area contributed by atoms with Crippen molar-refractivity contribution in [3.63, 3.8) is 0 Å². The van der Waals surface area contributed by atoms with Gasteiger partial charge in [0.1, 0.15) is 34.5 Å². The molecule has 7 rings (SSSR count). The summed E-state index contributed by atoms with van der Waals surface area (Å²) in [5, 5.41) is 11.4. The molecule has 3 atom stereocenters. The number of benzene rings is 1. The molecule has 2 fully saturated rings. The lowest BCUT2D eigenvalue weighted by molar-refractivity contribution is -0.138. The van der Waals surface area contributed by atoms with E-state index in [0.717, 1.165) is 46.7 Å². The quantitative estimate of drug-likeness (QED) is 0.151. The zero-order valence-electron chi connectivity index (χ0n) is 26.5. The predicted octanol–water partition coefficient (Wildman–Crippen LogP) is 5.73. The Kier molecular flexibility index (Phi) is 7.99. The van der Waals surface area contributed by atoms with Crippen molar-refractivity contribution < 1.29 is 14.4 Å². The van der Waals surface area contributed by atoms with Crippen molar-refractivity contribution >= 4 is 61.6 Å². The molecule has 2 aliphatic rings. The van der Waals surface area contributed by atoms with Gasteiger partial charge in [0.25, 0.3) is 0 Å². The Labute approximate surface area is 284 Å². The maximum atomic E-state index is 14.3. The first-order chi connectivity index (χ1) is 22.5. The number of hydrogen-bond acceptors (Lipinski definition) is 9. The number of anilines is 1. The van der Waals surface area contributed by atoms with Crippen molar-refractivity contribution in [2.75, 3.05) is 5.32 Å². The second-order valence-corrected chi connectivity index (χ2v) is 14.2. The summed E-state index contributed by atoms with van der Waals surface area (Å²) >= 11 is 5.03. The van der Waals surface area contributed by atoms with Gasteiger partial charge in [0.05, 0.1) is 16.2 Å². The van der Waals surface area contributed by atoms with E-state index < -0.39 is 6.04 Å². The third-order valence-corrected chi connectivity index (χ3v) is 10.6. The number of carbonyl (C=O) groups excluding carboxylic acids is 3. The number of Topliss-reactive ketones (excluding diaryl/α,β-unsaturated/α-hetero) is 1. The Hall–Kier alpha value is -4.36. The first-order valence-electron chi connectivity index (χ1n) is 15.5. The topological polar surface area (TPSA) is 136 Å². The van der Waals surface area contributed by atoms with E-state index in [0.29, 0.717) is 33.6 Å². The minimum absolute atomic E-state index is 0.0986. The van der Waals surface area contributed by atoms with Gasteiger partial charge >= 0.3 is 0 Å². The lowest BCUT2D eigenvalue weighted by Crippen LogP contribution is -2.47. The molecule has 0 bridgehead atoms. The lowest BCUT2D eigenvalue weighted by atomic mass is 9.95. The normalized spacial score (nSPS) is 20.0. The number of amides is 2. The smallest absolute Gasteiger partial charge is 0.248 e. The summed E-state index contributed by atoms with van der Waals surface area (Å²) in [7, 11) is 0. The molecule has 5 aromatic rings. The fourth-order valence-corrected chi connectivity index (χ4v) is 8.03. The third kappa shape index (κ3) is 5.86. The fourth-order valence-electron chi connectivity index (χ4n) is 6.68. The standard InChI is InChI=1S/C34H33BrN8O3S/c1-5-23-17-47-29(38-23)13-34-11-26(33(46)40-32-18(2)6-9-28(35)39-32)43(27(34)12-34)30(45)16-42-25-8-7-21(22-14-36-20(4)37-15-22)10-24(25)31(41-42)19(3)44/h6-10,14-15,17,26-27H,5,11-13,16H2,1-4H3,(H,39,40,46)/t26-,27?,34-/m0/s1. The summed E-state index contributed by atoms with van der Waals surface area (Å²) in [6.45, 7) is 7.14. The number of pyridine rings is 1. The van der Waals surface area contributed by atoms with Crippen molar-refractivity contribution in [3.05, 3.63) is 80.5 Å². The van der Waals surface area contributed by atoms with Crippen LogP contribution in [0.2, 0.25) is 0 Å². The van der Waals surface area contributed by atoms with Gasteiger partial charge in [0.2, 0.25) is 11.8 Å². The lowest BCUT2D eigenvalue weighted by Gasteiger charge is -2.27. The Morgan fingerprint density at radius 1 is 1.06 bits per heavy atom. The summed E-state index contributed by atoms with van der Waals surface area (Å²) in [4.78, 5) is 60.5. The zero-order chi connectivity index (χ0) is 33.0. The first-order valence-corrected chi connectivity index (χ1v) is 17.2. The SMILES string of the molecule is CCc1csc(C[C@]23CC2N(C(=O)Cn2nc(C(C)=O)c4cc(-c5cnc(C)nc5)ccc42)[C@H](C(=O)Nc2nc(Br)ccc2C)C3)n1. The molecule has 1 unspecified atom stereocenters. The van der Waals surface area contributed by atoms with Gasteiger partial charge in [0, 0.05) is 53.5 Å². The summed E-state index contributed by atoms with van der Waals surface area (Å²) in [6, 6.07) is 8.57. The highest BCUT2D eigenvalue weighted by atomic mass is 79.9. The Balaban J connectivity index is 1.20. The predicted molar refractivity (Wildman–Crippen MR) is 182 cm³/mol. The van der Waals surface area contributed by atoms with E-state index in [1.807, 2.05) is 44.2 Å². The van der Waals surface area contributed by atoms with E-state index in [-0.39, 0.29) is 41.3 Å². The average Bonchev–Trinajstić information content (AvgIpc) is 3.34. The summed E-state index contributed by atoms with van der Waals surface area (Å²) in [6.07, 6.45) is 6.40. The van der Waals surface area contributed by atoms with Gasteiger partial charge in [-0.25, -0.2) is 19.9 Å². The first kappa shape index (κ1) is 31.3. The molecular formula is C34H33BrN8O3S. The van der Waals surface area contributed by atoms with Crippen LogP contribution >= 0.6 is 27.3 Å². The van der Waals surface area contributed by atoms with Gasteiger partial charge in [-0.05, 0) is 78.4 Å². The van der Waals surface area contributed by atoms with Crippen LogP contribution in [0, 0.1) is 19.3 Å². The highest BCUT2D eigenvalue weighted by Crippen LogP contribution is 2.61. The van der Waals surface area contributed by atoms with Crippen LogP contribution in [0.4, 0.5) is 5.82 Å². The second kappa shape index (κ2) is 12.0. The average molecular weight is 714 g/mol. The summed E-state index contributed by atoms with van der Waals surface area (Å²) in [5.74, 6) is 0.423. The number of nitrogens with zero attached hydrogens (tertiary/aromatic N) is 7. The zero-order valence-corrected chi connectivity index (χ0v) is 28.9. The molecule has 11 nitrogen and oxygen atoms in total. The number of thiazole rings is 1. The Bertz CT molecular complexity index is 2060. The molecule has 0 radical (unpaired) electrons. The van der Waals surface area contributed by atoms with Crippen LogP contribution in [0.3, 0.4) is 0 Å². The van der Waals surface area contributed by atoms with Gasteiger partial charge in [-0.2, -0.15) is 5.10 Å². The molecule has 1 aromatic carbocycles. The molecule has 1 aliphatic heterocycles. The fraction of sp³-hybridized carbons (Fsp3) is 0.353. The minimum Gasteiger partial charge on any atom is -0.325 e. The number of piperidine rings is 1. The van der Waals surface area contributed by atoms with E-state index in [1.54, 1.807) is 33.3 Å². The van der Waals surface area contributed by atoms with Crippen LogP contribution < -0.4 is 5.32 Å². The van der Waals surface area contributed by atoms with Gasteiger partial charge in [-0.3, -0.25) is 19.1 Å². The van der Waals surface area contributed by atoms with Gasteiger partial charge in [-0.15, -0.1) is 11.3 Å². The molecule has 1 N–H and O–H groups in total. The number of rotatable bonds is 9. The van der Waals surface area contributed by atoms with Crippen LogP contribution in [0.1, 0.15) is 59.3 Å². The largest absolute Gasteiger partial charge is 0.325 e. The van der Waals surface area contributed by atoms with E-state index in [9.17, 15) is 14.4 Å². The van der Waals surface area contributed by atoms with E-state index in [2.05, 4.69) is 53.6 Å². The number of halogens is 1. The molecule has 1 saturated heterocycles. The molecule has 2 amide bonds. The molecule has 0 spiro atoms. The number of aryl methyl sites for hydroxylation is 3.